The molecule has 1 aliphatic heterocycles. The van der Waals surface area contributed by atoms with Crippen molar-refractivity contribution in [3.8, 4) is 17.2 Å². The molecule has 0 saturated heterocycles. The molecule has 1 aliphatic rings. The quantitative estimate of drug-likeness (QED) is 0.459. The molecule has 10 heteroatoms. The van der Waals surface area contributed by atoms with E-state index in [-0.39, 0.29) is 24.0 Å². The van der Waals surface area contributed by atoms with Crippen molar-refractivity contribution in [2.24, 2.45) is 0 Å². The molecule has 1 amide bonds. The van der Waals surface area contributed by atoms with Gasteiger partial charge in [-0.15, -0.1) is 0 Å². The number of rotatable bonds is 4. The minimum atomic E-state index is -0.650. The normalized spacial score (nSPS) is 13.1. The number of carbonyl (C=O) groups excluding carboxylic acids is 1. The number of hydrogen-bond donors (Lipinski definition) is 0. The zero-order valence-corrected chi connectivity index (χ0v) is 18.8. The van der Waals surface area contributed by atoms with Crippen LogP contribution in [0.5, 0.6) is 0 Å². The lowest BCUT2D eigenvalue weighted by Crippen LogP contribution is -2.41. The highest BCUT2D eigenvalue weighted by Crippen LogP contribution is 2.20. The Hall–Kier alpha value is -4.34. The summed E-state index contributed by atoms with van der Waals surface area (Å²) in [6, 6.07) is 15.1. The molecule has 2 aromatic carbocycles. The molecule has 0 fully saturated rings. The van der Waals surface area contributed by atoms with Crippen LogP contribution in [0.4, 0.5) is 0 Å². The Balaban J connectivity index is 1.51. The monoisotopic (exact) mass is 458 g/mol. The van der Waals surface area contributed by atoms with E-state index in [0.717, 1.165) is 26.8 Å². The lowest BCUT2D eigenvalue weighted by atomic mass is 10.00. The van der Waals surface area contributed by atoms with E-state index in [9.17, 15) is 14.4 Å². The van der Waals surface area contributed by atoms with Crippen molar-refractivity contribution in [2.45, 2.75) is 33.4 Å². The number of aryl methyl sites for hydroxylation is 1. The van der Waals surface area contributed by atoms with E-state index in [4.69, 9.17) is 4.52 Å². The first-order valence-electron chi connectivity index (χ1n) is 11.0. The highest BCUT2D eigenvalue weighted by atomic mass is 16.5. The van der Waals surface area contributed by atoms with Gasteiger partial charge in [-0.05, 0) is 43.5 Å². The number of carbonyl (C=O) groups is 1. The Morgan fingerprint density at radius 1 is 1.06 bits per heavy atom. The van der Waals surface area contributed by atoms with Crippen molar-refractivity contribution < 1.29 is 9.32 Å². The molecule has 4 aromatic rings. The Labute approximate surface area is 194 Å². The fraction of sp³-hybridized carbons (Fsp3) is 0.250. The SMILES string of the molecule is CCn1c(=O)c(-c2noc(C(=O)N3CCc4ccccc4C3)n2)nn(-c2ccc(C)cc2)c1=O. The minimum absolute atomic E-state index is 0.135. The number of amides is 1. The molecule has 0 spiro atoms. The van der Waals surface area contributed by atoms with Gasteiger partial charge in [0.25, 0.3) is 5.56 Å². The molecular formula is C24H22N6O4. The van der Waals surface area contributed by atoms with Crippen molar-refractivity contribution in [1.29, 1.82) is 0 Å². The second-order valence-electron chi connectivity index (χ2n) is 8.10. The molecule has 0 saturated carbocycles. The van der Waals surface area contributed by atoms with Crippen LogP contribution < -0.4 is 11.2 Å². The van der Waals surface area contributed by atoms with Gasteiger partial charge >= 0.3 is 17.5 Å². The summed E-state index contributed by atoms with van der Waals surface area (Å²) in [5.41, 5.74) is 2.39. The van der Waals surface area contributed by atoms with Gasteiger partial charge < -0.3 is 9.42 Å². The van der Waals surface area contributed by atoms with Crippen LogP contribution in [0.25, 0.3) is 17.2 Å². The van der Waals surface area contributed by atoms with E-state index in [1.807, 2.05) is 37.3 Å². The van der Waals surface area contributed by atoms with Crippen molar-refractivity contribution in [1.82, 2.24) is 29.4 Å². The lowest BCUT2D eigenvalue weighted by Gasteiger charge is -2.27. The van der Waals surface area contributed by atoms with Gasteiger partial charge in [-0.2, -0.15) is 14.8 Å². The first kappa shape index (κ1) is 21.5. The van der Waals surface area contributed by atoms with Crippen molar-refractivity contribution in [3.05, 3.63) is 92.0 Å². The number of aromatic nitrogens is 5. The molecule has 0 atom stereocenters. The Morgan fingerprint density at radius 3 is 2.53 bits per heavy atom. The van der Waals surface area contributed by atoms with E-state index < -0.39 is 17.2 Å². The topological polar surface area (TPSA) is 116 Å². The Bertz CT molecular complexity index is 1500. The maximum Gasteiger partial charge on any atom is 0.352 e. The van der Waals surface area contributed by atoms with Crippen molar-refractivity contribution in [3.63, 3.8) is 0 Å². The first-order chi connectivity index (χ1) is 16.5. The highest BCUT2D eigenvalue weighted by Gasteiger charge is 2.28. The average molecular weight is 458 g/mol. The molecule has 5 rings (SSSR count). The minimum Gasteiger partial charge on any atom is -0.330 e. The van der Waals surface area contributed by atoms with Crippen LogP contribution in [0.15, 0.2) is 62.6 Å². The van der Waals surface area contributed by atoms with E-state index in [0.29, 0.717) is 18.8 Å². The molecule has 2 aromatic heterocycles. The van der Waals surface area contributed by atoms with Gasteiger partial charge in [-0.1, -0.05) is 47.1 Å². The number of nitrogens with zero attached hydrogens (tertiary/aromatic N) is 6. The molecule has 0 radical (unpaired) electrons. The third kappa shape index (κ3) is 3.72. The first-order valence-corrected chi connectivity index (χ1v) is 11.0. The van der Waals surface area contributed by atoms with Gasteiger partial charge in [0.05, 0.1) is 5.69 Å². The predicted octanol–water partition coefficient (Wildman–Crippen LogP) is 1.97. The second-order valence-corrected chi connectivity index (χ2v) is 8.10. The zero-order chi connectivity index (χ0) is 23.8. The molecule has 0 N–H and O–H groups in total. The van der Waals surface area contributed by atoms with Crippen molar-refractivity contribution >= 4 is 5.91 Å². The molecular weight excluding hydrogens is 436 g/mol. The van der Waals surface area contributed by atoms with E-state index in [1.54, 1.807) is 24.0 Å². The molecule has 0 unspecified atom stereocenters. The molecule has 0 bridgehead atoms. The number of hydrogen-bond acceptors (Lipinski definition) is 7. The highest BCUT2D eigenvalue weighted by molar-refractivity contribution is 5.90. The fourth-order valence-corrected chi connectivity index (χ4v) is 4.00. The third-order valence-corrected chi connectivity index (χ3v) is 5.89. The summed E-state index contributed by atoms with van der Waals surface area (Å²) in [5.74, 6) is -0.795. The Kier molecular flexibility index (Phi) is 5.40. The van der Waals surface area contributed by atoms with Crippen LogP contribution in [0.3, 0.4) is 0 Å². The maximum atomic E-state index is 13.0. The molecule has 10 nitrogen and oxygen atoms in total. The van der Waals surface area contributed by atoms with Crippen LogP contribution in [-0.2, 0) is 19.5 Å². The van der Waals surface area contributed by atoms with Gasteiger partial charge in [0.15, 0.2) is 5.69 Å². The van der Waals surface area contributed by atoms with Gasteiger partial charge in [-0.3, -0.25) is 14.2 Å². The van der Waals surface area contributed by atoms with Crippen molar-refractivity contribution in [2.75, 3.05) is 6.54 Å². The van der Waals surface area contributed by atoms with Crippen LogP contribution in [-0.4, -0.2) is 41.8 Å². The van der Waals surface area contributed by atoms with Crippen LogP contribution in [0.1, 0.15) is 34.3 Å². The summed E-state index contributed by atoms with van der Waals surface area (Å²) < 4.78 is 7.38. The number of fused-ring (bicyclic) bond motifs is 1. The van der Waals surface area contributed by atoms with Gasteiger partial charge in [0.2, 0.25) is 5.82 Å². The molecule has 172 valence electrons. The summed E-state index contributed by atoms with van der Waals surface area (Å²) in [6.07, 6.45) is 0.729. The zero-order valence-electron chi connectivity index (χ0n) is 18.8. The third-order valence-electron chi connectivity index (χ3n) is 5.89. The lowest BCUT2D eigenvalue weighted by molar-refractivity contribution is 0.0684. The molecule has 3 heterocycles. The van der Waals surface area contributed by atoms with Gasteiger partial charge in [0.1, 0.15) is 0 Å². The van der Waals surface area contributed by atoms with Crippen LogP contribution in [0.2, 0.25) is 0 Å². The summed E-state index contributed by atoms with van der Waals surface area (Å²) in [5, 5.41) is 8.06. The van der Waals surface area contributed by atoms with Gasteiger partial charge in [0, 0.05) is 19.6 Å². The summed E-state index contributed by atoms with van der Waals surface area (Å²) in [6.45, 7) is 4.71. The number of benzene rings is 2. The molecule has 0 aliphatic carbocycles. The smallest absolute Gasteiger partial charge is 0.330 e. The summed E-state index contributed by atoms with van der Waals surface area (Å²) in [4.78, 5) is 44.6. The second kappa shape index (κ2) is 8.54. The maximum absolute atomic E-state index is 13.0. The van der Waals surface area contributed by atoms with Crippen LogP contribution in [0, 0.1) is 6.92 Å². The van der Waals surface area contributed by atoms with E-state index >= 15 is 0 Å². The van der Waals surface area contributed by atoms with E-state index in [1.165, 1.54) is 5.56 Å². The van der Waals surface area contributed by atoms with Gasteiger partial charge in [-0.25, -0.2) is 4.79 Å². The summed E-state index contributed by atoms with van der Waals surface area (Å²) in [7, 11) is 0. The largest absolute Gasteiger partial charge is 0.352 e. The van der Waals surface area contributed by atoms with E-state index in [2.05, 4.69) is 21.3 Å². The standard InChI is InChI=1S/C24H22N6O4/c1-3-29-22(31)19(26-30(24(29)33)18-10-8-15(2)9-11-18)20-25-21(34-27-20)23(32)28-13-12-16-6-4-5-7-17(16)14-28/h4-11H,3,12-14H2,1-2H3. The average Bonchev–Trinajstić information content (AvgIpc) is 3.34. The van der Waals surface area contributed by atoms with Crippen LogP contribution >= 0.6 is 0 Å². The predicted molar refractivity (Wildman–Crippen MR) is 123 cm³/mol. The summed E-state index contributed by atoms with van der Waals surface area (Å²) >= 11 is 0. The Morgan fingerprint density at radius 2 is 1.79 bits per heavy atom. The molecule has 34 heavy (non-hydrogen) atoms. The fourth-order valence-electron chi connectivity index (χ4n) is 4.00.